The Hall–Kier alpha value is -1.34. The lowest BCUT2D eigenvalue weighted by molar-refractivity contribution is 0.0656. The van der Waals surface area contributed by atoms with Gasteiger partial charge in [-0.2, -0.15) is 0 Å². The number of furan rings is 1. The maximum absolute atomic E-state index is 12.0. The van der Waals surface area contributed by atoms with Gasteiger partial charge in [-0.25, -0.2) is 17.9 Å². The van der Waals surface area contributed by atoms with Crippen LogP contribution >= 0.6 is 0 Å². The second-order valence-corrected chi connectivity index (χ2v) is 7.08. The molecule has 3 rings (SSSR count). The number of hydrogen-bond acceptors (Lipinski definition) is 4. The summed E-state index contributed by atoms with van der Waals surface area (Å²) in [6, 6.07) is 2.31. The molecule has 2 aliphatic rings. The summed E-state index contributed by atoms with van der Waals surface area (Å²) < 4.78 is 31.3. The van der Waals surface area contributed by atoms with Gasteiger partial charge in [0.1, 0.15) is 0 Å². The molecular formula is C12H15NO5S. The molecule has 1 aromatic rings. The van der Waals surface area contributed by atoms with Gasteiger partial charge < -0.3 is 9.52 Å². The van der Waals surface area contributed by atoms with E-state index in [9.17, 15) is 13.2 Å². The standard InChI is InChI=1S/C12H15NO5S/c14-11(15)9-3-4-10(18-9)19(16,17)13-7-12(5-6-12)8-1-2-8/h3-4,8,13H,1-2,5-7H2,(H,14,15). The fourth-order valence-electron chi connectivity index (χ4n) is 2.48. The zero-order valence-corrected chi connectivity index (χ0v) is 11.1. The van der Waals surface area contributed by atoms with Crippen molar-refractivity contribution in [2.75, 3.05) is 6.54 Å². The van der Waals surface area contributed by atoms with Crippen molar-refractivity contribution < 1.29 is 22.7 Å². The first kappa shape index (κ1) is 12.7. The molecule has 0 amide bonds. The highest BCUT2D eigenvalue weighted by Gasteiger charge is 2.53. The molecule has 2 saturated carbocycles. The van der Waals surface area contributed by atoms with Crippen LogP contribution in [0.1, 0.15) is 36.2 Å². The van der Waals surface area contributed by atoms with Gasteiger partial charge in [0.25, 0.3) is 10.0 Å². The molecule has 2 N–H and O–H groups in total. The average Bonchev–Trinajstić information content (AvgIpc) is 3.24. The van der Waals surface area contributed by atoms with E-state index in [1.165, 1.54) is 18.9 Å². The van der Waals surface area contributed by atoms with Crippen LogP contribution in [-0.2, 0) is 10.0 Å². The van der Waals surface area contributed by atoms with E-state index in [1.807, 2.05) is 0 Å². The van der Waals surface area contributed by atoms with Crippen molar-refractivity contribution in [1.29, 1.82) is 0 Å². The van der Waals surface area contributed by atoms with Crippen LogP contribution in [0.25, 0.3) is 0 Å². The molecule has 19 heavy (non-hydrogen) atoms. The van der Waals surface area contributed by atoms with Crippen molar-refractivity contribution >= 4 is 16.0 Å². The Morgan fingerprint density at radius 2 is 2.11 bits per heavy atom. The number of carbonyl (C=O) groups is 1. The van der Waals surface area contributed by atoms with Gasteiger partial charge in [0, 0.05) is 6.54 Å². The molecule has 0 saturated heterocycles. The number of nitrogens with one attached hydrogen (secondary N) is 1. The Balaban J connectivity index is 1.69. The van der Waals surface area contributed by atoms with Crippen LogP contribution in [0.3, 0.4) is 0 Å². The molecule has 0 aliphatic heterocycles. The van der Waals surface area contributed by atoms with Gasteiger partial charge in [-0.3, -0.25) is 0 Å². The first-order valence-corrected chi connectivity index (χ1v) is 7.74. The first-order valence-electron chi connectivity index (χ1n) is 6.26. The van der Waals surface area contributed by atoms with Gasteiger partial charge in [0.05, 0.1) is 0 Å². The smallest absolute Gasteiger partial charge is 0.371 e. The maximum atomic E-state index is 12.0. The van der Waals surface area contributed by atoms with Gasteiger partial charge in [-0.1, -0.05) is 0 Å². The van der Waals surface area contributed by atoms with E-state index in [0.29, 0.717) is 12.5 Å². The Morgan fingerprint density at radius 1 is 1.42 bits per heavy atom. The molecule has 7 heteroatoms. The van der Waals surface area contributed by atoms with Gasteiger partial charge in [0.15, 0.2) is 0 Å². The summed E-state index contributed by atoms with van der Waals surface area (Å²) >= 11 is 0. The summed E-state index contributed by atoms with van der Waals surface area (Å²) in [6.07, 6.45) is 4.51. The van der Waals surface area contributed by atoms with Crippen LogP contribution < -0.4 is 4.72 Å². The van der Waals surface area contributed by atoms with E-state index in [0.717, 1.165) is 18.9 Å². The van der Waals surface area contributed by atoms with Crippen molar-refractivity contribution in [1.82, 2.24) is 4.72 Å². The molecule has 0 radical (unpaired) electrons. The molecule has 2 fully saturated rings. The molecule has 0 bridgehead atoms. The Kier molecular flexibility index (Phi) is 2.72. The third-order valence-electron chi connectivity index (χ3n) is 4.01. The first-order chi connectivity index (χ1) is 8.93. The number of rotatable bonds is 6. The largest absolute Gasteiger partial charge is 0.475 e. The Labute approximate surface area is 110 Å². The lowest BCUT2D eigenvalue weighted by Gasteiger charge is -2.14. The number of carboxylic acids is 1. The normalized spacial score (nSPS) is 21.3. The van der Waals surface area contributed by atoms with Crippen LogP contribution in [-0.4, -0.2) is 26.0 Å². The lowest BCUT2D eigenvalue weighted by atomic mass is 10.0. The highest BCUT2D eigenvalue weighted by atomic mass is 32.2. The van der Waals surface area contributed by atoms with Gasteiger partial charge in [0.2, 0.25) is 10.9 Å². The van der Waals surface area contributed by atoms with E-state index >= 15 is 0 Å². The summed E-state index contributed by atoms with van der Waals surface area (Å²) in [5.41, 5.74) is 0.148. The fraction of sp³-hybridized carbons (Fsp3) is 0.583. The third-order valence-corrected chi connectivity index (χ3v) is 5.28. The molecular weight excluding hydrogens is 270 g/mol. The van der Waals surface area contributed by atoms with Crippen LogP contribution in [0.4, 0.5) is 0 Å². The predicted molar refractivity (Wildman–Crippen MR) is 65.2 cm³/mol. The number of sulfonamides is 1. The van der Waals surface area contributed by atoms with Crippen LogP contribution in [0.2, 0.25) is 0 Å². The monoisotopic (exact) mass is 285 g/mol. The van der Waals surface area contributed by atoms with E-state index < -0.39 is 16.0 Å². The van der Waals surface area contributed by atoms with E-state index in [1.54, 1.807) is 0 Å². The molecule has 2 aliphatic carbocycles. The minimum atomic E-state index is -3.75. The van der Waals surface area contributed by atoms with E-state index in [2.05, 4.69) is 4.72 Å². The SMILES string of the molecule is O=C(O)c1ccc(S(=O)(=O)NCC2(C3CC3)CC2)o1. The molecule has 0 atom stereocenters. The highest BCUT2D eigenvalue weighted by Crippen LogP contribution is 2.60. The Bertz CT molecular complexity index is 610. The molecule has 0 spiro atoms. The van der Waals surface area contributed by atoms with Crippen LogP contribution in [0.5, 0.6) is 0 Å². The molecule has 1 aromatic heterocycles. The molecule has 0 aromatic carbocycles. The number of aromatic carboxylic acids is 1. The minimum Gasteiger partial charge on any atom is -0.475 e. The van der Waals surface area contributed by atoms with Crippen molar-refractivity contribution in [3.63, 3.8) is 0 Å². The van der Waals surface area contributed by atoms with Crippen LogP contribution in [0, 0.1) is 11.3 Å². The van der Waals surface area contributed by atoms with Gasteiger partial charge in [-0.15, -0.1) is 0 Å². The molecule has 0 unspecified atom stereocenters. The summed E-state index contributed by atoms with van der Waals surface area (Å²) in [5.74, 6) is -0.997. The van der Waals surface area contributed by atoms with Crippen molar-refractivity contribution in [3.8, 4) is 0 Å². The molecule has 104 valence electrons. The molecule has 6 nitrogen and oxygen atoms in total. The second-order valence-electron chi connectivity index (χ2n) is 5.39. The fourth-order valence-corrected chi connectivity index (χ4v) is 3.54. The maximum Gasteiger partial charge on any atom is 0.371 e. The predicted octanol–water partition coefficient (Wildman–Crippen LogP) is 1.45. The number of carboxylic acid groups (broad SMARTS) is 1. The summed E-state index contributed by atoms with van der Waals surface area (Å²) in [7, 11) is -3.75. The molecule has 1 heterocycles. The second kappa shape index (κ2) is 4.08. The van der Waals surface area contributed by atoms with Crippen molar-refractivity contribution in [3.05, 3.63) is 17.9 Å². The zero-order valence-electron chi connectivity index (χ0n) is 10.3. The highest BCUT2D eigenvalue weighted by molar-refractivity contribution is 7.89. The quantitative estimate of drug-likeness (QED) is 0.824. The zero-order chi connectivity index (χ0) is 13.7. The average molecular weight is 285 g/mol. The third kappa shape index (κ3) is 2.40. The summed E-state index contributed by atoms with van der Waals surface area (Å²) in [6.45, 7) is 0.420. The lowest BCUT2D eigenvalue weighted by Crippen LogP contribution is -2.31. The summed E-state index contributed by atoms with van der Waals surface area (Å²) in [5, 5.41) is 8.37. The van der Waals surface area contributed by atoms with Gasteiger partial charge >= 0.3 is 5.97 Å². The van der Waals surface area contributed by atoms with E-state index in [-0.39, 0.29) is 16.3 Å². The van der Waals surface area contributed by atoms with Crippen molar-refractivity contribution in [2.24, 2.45) is 11.3 Å². The minimum absolute atomic E-state index is 0.148. The number of hydrogen-bond donors (Lipinski definition) is 2. The topological polar surface area (TPSA) is 96.6 Å². The van der Waals surface area contributed by atoms with Crippen molar-refractivity contribution in [2.45, 2.75) is 30.8 Å². The van der Waals surface area contributed by atoms with Gasteiger partial charge in [-0.05, 0) is 49.1 Å². The summed E-state index contributed by atoms with van der Waals surface area (Å²) in [4.78, 5) is 10.7. The Morgan fingerprint density at radius 3 is 2.58 bits per heavy atom. The van der Waals surface area contributed by atoms with E-state index in [4.69, 9.17) is 9.52 Å². The van der Waals surface area contributed by atoms with Crippen LogP contribution in [0.15, 0.2) is 21.6 Å².